The lowest BCUT2D eigenvalue weighted by atomic mass is 10.1. The number of halogens is 4. The van der Waals surface area contributed by atoms with E-state index in [-0.39, 0.29) is 30.3 Å². The van der Waals surface area contributed by atoms with Crippen molar-refractivity contribution in [2.24, 2.45) is 5.92 Å². The normalized spacial score (nSPS) is 12.5. The first-order valence-electron chi connectivity index (χ1n) is 10.2. The SMILES string of the molecule is Cc1ccc(Cl)cc1Nc1cc(-c2cccc(OC(F)(F)F)c2)nc(N[C@H](CO)C(C)C)n1. The molecule has 3 aromatic rings. The van der Waals surface area contributed by atoms with Crippen LogP contribution in [0.25, 0.3) is 11.3 Å². The summed E-state index contributed by atoms with van der Waals surface area (Å²) in [6, 6.07) is 12.2. The predicted octanol–water partition coefficient (Wildman–Crippen LogP) is 6.18. The first-order valence-corrected chi connectivity index (χ1v) is 10.6. The van der Waals surface area contributed by atoms with Crippen molar-refractivity contribution in [3.8, 4) is 17.0 Å². The summed E-state index contributed by atoms with van der Waals surface area (Å²) in [7, 11) is 0. The third kappa shape index (κ3) is 6.97. The zero-order valence-electron chi connectivity index (χ0n) is 18.2. The van der Waals surface area contributed by atoms with E-state index in [1.54, 1.807) is 24.3 Å². The number of hydrogen-bond acceptors (Lipinski definition) is 6. The molecule has 0 fully saturated rings. The van der Waals surface area contributed by atoms with Gasteiger partial charge in [-0.05, 0) is 42.7 Å². The topological polar surface area (TPSA) is 79.3 Å². The van der Waals surface area contributed by atoms with Crippen molar-refractivity contribution in [2.75, 3.05) is 17.2 Å². The Morgan fingerprint density at radius 2 is 1.85 bits per heavy atom. The fraction of sp³-hybridized carbons (Fsp3) is 0.304. The number of rotatable bonds is 8. The Morgan fingerprint density at radius 1 is 1.09 bits per heavy atom. The molecule has 0 bridgehead atoms. The molecule has 0 spiro atoms. The van der Waals surface area contributed by atoms with Gasteiger partial charge in [-0.2, -0.15) is 4.98 Å². The summed E-state index contributed by atoms with van der Waals surface area (Å²) in [6.45, 7) is 5.63. The molecule has 0 radical (unpaired) electrons. The molecule has 6 nitrogen and oxygen atoms in total. The average molecular weight is 481 g/mol. The van der Waals surface area contributed by atoms with E-state index >= 15 is 0 Å². The number of hydrogen-bond donors (Lipinski definition) is 3. The lowest BCUT2D eigenvalue weighted by Crippen LogP contribution is -2.30. The maximum atomic E-state index is 12.7. The smallest absolute Gasteiger partial charge is 0.406 e. The van der Waals surface area contributed by atoms with Gasteiger partial charge >= 0.3 is 6.36 Å². The van der Waals surface area contributed by atoms with Crippen molar-refractivity contribution in [1.82, 2.24) is 9.97 Å². The quantitative estimate of drug-likeness (QED) is 0.357. The van der Waals surface area contributed by atoms with E-state index in [4.69, 9.17) is 11.6 Å². The second-order valence-corrected chi connectivity index (χ2v) is 8.24. The molecule has 10 heteroatoms. The molecule has 2 aromatic carbocycles. The summed E-state index contributed by atoms with van der Waals surface area (Å²) in [6.07, 6.45) is -4.81. The summed E-state index contributed by atoms with van der Waals surface area (Å²) in [5.41, 5.74) is 2.40. The zero-order chi connectivity index (χ0) is 24.2. The van der Waals surface area contributed by atoms with E-state index in [2.05, 4.69) is 25.3 Å². The van der Waals surface area contributed by atoms with Gasteiger partial charge in [-0.15, -0.1) is 13.2 Å². The van der Waals surface area contributed by atoms with Crippen molar-refractivity contribution >= 4 is 29.1 Å². The molecule has 0 aliphatic carbocycles. The minimum Gasteiger partial charge on any atom is -0.406 e. The molecule has 0 amide bonds. The van der Waals surface area contributed by atoms with Crippen molar-refractivity contribution in [3.05, 3.63) is 59.1 Å². The van der Waals surface area contributed by atoms with Crippen LogP contribution in [0.1, 0.15) is 19.4 Å². The van der Waals surface area contributed by atoms with Gasteiger partial charge in [0.2, 0.25) is 5.95 Å². The summed E-state index contributed by atoms with van der Waals surface area (Å²) in [4.78, 5) is 8.93. The Kier molecular flexibility index (Phi) is 7.65. The first-order chi connectivity index (χ1) is 15.5. The van der Waals surface area contributed by atoms with Crippen molar-refractivity contribution in [3.63, 3.8) is 0 Å². The molecule has 1 aromatic heterocycles. The van der Waals surface area contributed by atoms with Gasteiger partial charge < -0.3 is 20.5 Å². The molecular formula is C23H24ClF3N4O2. The highest BCUT2D eigenvalue weighted by Gasteiger charge is 2.31. The number of aromatic nitrogens is 2. The van der Waals surface area contributed by atoms with Crippen LogP contribution >= 0.6 is 11.6 Å². The Morgan fingerprint density at radius 3 is 2.52 bits per heavy atom. The molecule has 176 valence electrons. The highest BCUT2D eigenvalue weighted by molar-refractivity contribution is 6.30. The Bertz CT molecular complexity index is 1110. The van der Waals surface area contributed by atoms with Crippen LogP contribution < -0.4 is 15.4 Å². The zero-order valence-corrected chi connectivity index (χ0v) is 19.0. The van der Waals surface area contributed by atoms with Gasteiger partial charge in [0.15, 0.2) is 0 Å². The fourth-order valence-corrected chi connectivity index (χ4v) is 3.20. The number of ether oxygens (including phenoxy) is 1. The summed E-state index contributed by atoms with van der Waals surface area (Å²) in [5.74, 6) is 0.334. The van der Waals surface area contributed by atoms with Gasteiger partial charge in [0.1, 0.15) is 11.6 Å². The fourth-order valence-electron chi connectivity index (χ4n) is 3.03. The highest BCUT2D eigenvalue weighted by atomic mass is 35.5. The second-order valence-electron chi connectivity index (χ2n) is 7.80. The van der Waals surface area contributed by atoms with Crippen LogP contribution in [-0.4, -0.2) is 34.1 Å². The molecule has 0 saturated heterocycles. The summed E-state index contributed by atoms with van der Waals surface area (Å²) < 4.78 is 42.1. The van der Waals surface area contributed by atoms with Crippen molar-refractivity contribution in [2.45, 2.75) is 33.2 Å². The number of anilines is 3. The van der Waals surface area contributed by atoms with E-state index < -0.39 is 6.36 Å². The number of aliphatic hydroxyl groups is 1. The van der Waals surface area contributed by atoms with Gasteiger partial charge in [-0.25, -0.2) is 4.98 Å². The van der Waals surface area contributed by atoms with Gasteiger partial charge in [-0.1, -0.05) is 43.6 Å². The number of alkyl halides is 3. The number of aliphatic hydroxyl groups excluding tert-OH is 1. The minimum absolute atomic E-state index is 0.0809. The molecule has 1 atom stereocenters. The molecule has 1 heterocycles. The van der Waals surface area contributed by atoms with Gasteiger partial charge in [0.25, 0.3) is 0 Å². The largest absolute Gasteiger partial charge is 0.573 e. The number of nitrogens with one attached hydrogen (secondary N) is 2. The van der Waals surface area contributed by atoms with E-state index in [1.165, 1.54) is 18.2 Å². The maximum Gasteiger partial charge on any atom is 0.573 e. The molecule has 0 saturated carbocycles. The Balaban J connectivity index is 2.03. The second kappa shape index (κ2) is 10.3. The van der Waals surface area contributed by atoms with Crippen molar-refractivity contribution in [1.29, 1.82) is 0 Å². The van der Waals surface area contributed by atoms with Gasteiger partial charge in [-0.3, -0.25) is 0 Å². The van der Waals surface area contributed by atoms with E-state index in [1.807, 2.05) is 26.8 Å². The monoisotopic (exact) mass is 480 g/mol. The van der Waals surface area contributed by atoms with Crippen LogP contribution in [0.15, 0.2) is 48.5 Å². The van der Waals surface area contributed by atoms with Gasteiger partial charge in [0, 0.05) is 22.3 Å². The van der Waals surface area contributed by atoms with Gasteiger partial charge in [0.05, 0.1) is 18.3 Å². The summed E-state index contributed by atoms with van der Waals surface area (Å²) >= 11 is 6.12. The third-order valence-electron chi connectivity index (χ3n) is 4.87. The molecule has 0 unspecified atom stereocenters. The molecule has 33 heavy (non-hydrogen) atoms. The van der Waals surface area contributed by atoms with Crippen LogP contribution in [0, 0.1) is 12.8 Å². The minimum atomic E-state index is -4.81. The average Bonchev–Trinajstić information content (AvgIpc) is 2.73. The summed E-state index contributed by atoms with van der Waals surface area (Å²) in [5, 5.41) is 16.5. The highest BCUT2D eigenvalue weighted by Crippen LogP contribution is 2.30. The van der Waals surface area contributed by atoms with E-state index in [9.17, 15) is 18.3 Å². The number of nitrogens with zero attached hydrogens (tertiary/aromatic N) is 2. The van der Waals surface area contributed by atoms with Crippen LogP contribution in [0.4, 0.5) is 30.6 Å². The first kappa shape index (κ1) is 24.6. The van der Waals surface area contributed by atoms with Crippen LogP contribution in [0.2, 0.25) is 5.02 Å². The molecule has 3 rings (SSSR count). The number of aryl methyl sites for hydroxylation is 1. The molecule has 3 N–H and O–H groups in total. The third-order valence-corrected chi connectivity index (χ3v) is 5.10. The molecule has 0 aliphatic heterocycles. The van der Waals surface area contributed by atoms with Crippen molar-refractivity contribution < 1.29 is 23.0 Å². The number of benzene rings is 2. The van der Waals surface area contributed by atoms with Crippen LogP contribution in [0.3, 0.4) is 0 Å². The predicted molar refractivity (Wildman–Crippen MR) is 123 cm³/mol. The Hall–Kier alpha value is -3.04. The van der Waals surface area contributed by atoms with Crippen LogP contribution in [0.5, 0.6) is 5.75 Å². The lowest BCUT2D eigenvalue weighted by molar-refractivity contribution is -0.274. The maximum absolute atomic E-state index is 12.7. The van der Waals surface area contributed by atoms with E-state index in [0.717, 1.165) is 11.3 Å². The lowest BCUT2D eigenvalue weighted by Gasteiger charge is -2.21. The Labute approximate surface area is 194 Å². The molecule has 0 aliphatic rings. The standard InChI is InChI=1S/C23H24ClF3N4O2/c1-13(2)20(12-32)30-22-29-19(15-5-4-6-17(9-15)33-23(25,26)27)11-21(31-22)28-18-10-16(24)8-7-14(18)3/h4-11,13,20,32H,12H2,1-3H3,(H2,28,29,30,31)/t20-/m1/s1. The van der Waals surface area contributed by atoms with Crippen LogP contribution in [-0.2, 0) is 0 Å². The van der Waals surface area contributed by atoms with E-state index in [0.29, 0.717) is 22.1 Å². The molecular weight excluding hydrogens is 457 g/mol.